The molecule has 0 amide bonds. The topological polar surface area (TPSA) is 34.0 Å². The Morgan fingerprint density at radius 2 is 1.23 bits per heavy atom. The number of hydrogen-bond acceptors (Lipinski definition) is 4. The predicted octanol–water partition coefficient (Wildman–Crippen LogP) is 9.41. The monoisotopic (exact) mass is 518 g/mol. The van der Waals surface area contributed by atoms with E-state index >= 15 is 0 Å². The van der Waals surface area contributed by atoms with Crippen molar-refractivity contribution >= 4 is 70.6 Å². The Morgan fingerprint density at radius 1 is 0.538 bits per heavy atom. The molecule has 0 atom stereocenters. The molecule has 4 nitrogen and oxygen atoms in total. The van der Waals surface area contributed by atoms with Crippen LogP contribution in [0.25, 0.3) is 47.9 Å². The number of fused-ring (bicyclic) bond motifs is 6. The smallest absolute Gasteiger partial charge is 0.143 e. The molecule has 5 heteroatoms. The Morgan fingerprint density at radius 3 is 2.03 bits per heavy atom. The second-order valence-electron chi connectivity index (χ2n) is 9.55. The van der Waals surface area contributed by atoms with Crippen molar-refractivity contribution in [1.82, 2.24) is 14.5 Å². The van der Waals surface area contributed by atoms with Gasteiger partial charge in [-0.3, -0.25) is 4.98 Å². The fourth-order valence-corrected chi connectivity index (χ4v) is 6.63. The van der Waals surface area contributed by atoms with E-state index in [2.05, 4.69) is 141 Å². The first-order valence-electron chi connectivity index (χ1n) is 12.9. The molecule has 0 saturated carbocycles. The first-order chi connectivity index (χ1) is 19.3. The van der Waals surface area contributed by atoms with Gasteiger partial charge < -0.3 is 9.47 Å². The van der Waals surface area contributed by atoms with Crippen molar-refractivity contribution in [2.24, 2.45) is 0 Å². The number of thiophene rings is 1. The number of para-hydroxylation sites is 3. The van der Waals surface area contributed by atoms with Crippen LogP contribution in [0.1, 0.15) is 0 Å². The highest BCUT2D eigenvalue weighted by Crippen LogP contribution is 2.40. The van der Waals surface area contributed by atoms with E-state index in [1.54, 1.807) is 23.7 Å². The van der Waals surface area contributed by atoms with Crippen molar-refractivity contribution in [3.8, 4) is 5.69 Å². The van der Waals surface area contributed by atoms with Crippen LogP contribution in [-0.4, -0.2) is 14.5 Å². The first-order valence-corrected chi connectivity index (χ1v) is 13.7. The number of anilines is 3. The highest BCUT2D eigenvalue weighted by molar-refractivity contribution is 7.25. The molecule has 0 N–H and O–H groups in total. The minimum atomic E-state index is 0.970. The van der Waals surface area contributed by atoms with E-state index in [0.29, 0.717) is 0 Å². The maximum atomic E-state index is 4.57. The molecule has 5 aromatic carbocycles. The number of aromatic nitrogens is 3. The normalized spacial score (nSPS) is 11.6. The average Bonchev–Trinajstić information content (AvgIpc) is 3.53. The van der Waals surface area contributed by atoms with Gasteiger partial charge in [-0.2, -0.15) is 0 Å². The maximum Gasteiger partial charge on any atom is 0.143 e. The molecule has 0 unspecified atom stereocenters. The van der Waals surface area contributed by atoms with Crippen LogP contribution < -0.4 is 4.90 Å². The molecule has 0 aliphatic heterocycles. The first kappa shape index (κ1) is 22.0. The highest BCUT2D eigenvalue weighted by Gasteiger charge is 2.17. The summed E-state index contributed by atoms with van der Waals surface area (Å²) in [6.07, 6.45) is 3.53. The summed E-state index contributed by atoms with van der Waals surface area (Å²) in [7, 11) is 0. The summed E-state index contributed by atoms with van der Waals surface area (Å²) < 4.78 is 3.56. The third kappa shape index (κ3) is 3.51. The summed E-state index contributed by atoms with van der Waals surface area (Å²) in [5.41, 5.74) is 7.85. The van der Waals surface area contributed by atoms with Crippen LogP contribution in [0.4, 0.5) is 17.1 Å². The van der Waals surface area contributed by atoms with Crippen LogP contribution >= 0.6 is 11.3 Å². The largest absolute Gasteiger partial charge is 0.310 e. The Bertz CT molecular complexity index is 2090. The molecular weight excluding hydrogens is 496 g/mol. The molecular formula is C34H22N4S. The van der Waals surface area contributed by atoms with Gasteiger partial charge in [-0.1, -0.05) is 54.6 Å². The van der Waals surface area contributed by atoms with Crippen LogP contribution in [0.15, 0.2) is 134 Å². The van der Waals surface area contributed by atoms with Crippen molar-refractivity contribution in [1.29, 1.82) is 0 Å². The van der Waals surface area contributed by atoms with Crippen LogP contribution in [0.5, 0.6) is 0 Å². The number of nitrogens with zero attached hydrogens (tertiary/aromatic N) is 4. The van der Waals surface area contributed by atoms with Gasteiger partial charge in [-0.05, 0) is 66.7 Å². The quantitative estimate of drug-likeness (QED) is 0.233. The summed E-state index contributed by atoms with van der Waals surface area (Å²) >= 11 is 1.69. The molecule has 3 aromatic heterocycles. The molecule has 0 fully saturated rings. The average molecular weight is 519 g/mol. The molecule has 3 heterocycles. The number of rotatable bonds is 4. The maximum absolute atomic E-state index is 4.57. The van der Waals surface area contributed by atoms with Gasteiger partial charge in [0.05, 0.1) is 11.0 Å². The van der Waals surface area contributed by atoms with Gasteiger partial charge in [-0.15, -0.1) is 11.3 Å². The fraction of sp³-hybridized carbons (Fsp3) is 0. The van der Waals surface area contributed by atoms with Gasteiger partial charge in [0.25, 0.3) is 0 Å². The van der Waals surface area contributed by atoms with E-state index < -0.39 is 0 Å². The van der Waals surface area contributed by atoms with E-state index in [1.165, 1.54) is 26.5 Å². The van der Waals surface area contributed by atoms with Crippen LogP contribution in [0.2, 0.25) is 0 Å². The van der Waals surface area contributed by atoms with E-state index in [-0.39, 0.29) is 0 Å². The summed E-state index contributed by atoms with van der Waals surface area (Å²) in [5.74, 6) is 0. The minimum Gasteiger partial charge on any atom is -0.310 e. The Balaban J connectivity index is 1.36. The zero-order valence-electron chi connectivity index (χ0n) is 20.9. The third-order valence-electron chi connectivity index (χ3n) is 7.29. The molecule has 0 radical (unpaired) electrons. The van der Waals surface area contributed by atoms with Gasteiger partial charge in [-0.25, -0.2) is 4.98 Å². The summed E-state index contributed by atoms with van der Waals surface area (Å²) in [6.45, 7) is 0. The lowest BCUT2D eigenvalue weighted by Gasteiger charge is -2.25. The van der Waals surface area contributed by atoms with Gasteiger partial charge in [0, 0.05) is 56.0 Å². The Hall–Kier alpha value is -5.00. The fourth-order valence-electron chi connectivity index (χ4n) is 5.60. The molecule has 0 aliphatic rings. The standard InChI is InChI=1S/C34H22N4S/c1-3-9-23(10-4-1)37(24-11-5-2-6-12-24)25-16-18-31-29(21-25)27-13-7-8-14-30(27)38(31)26-15-17-28-32(22-26)39-34-33(28)35-19-20-36-34/h1-22H. The SMILES string of the molecule is c1ccc(N(c2ccccc2)c2ccc3c(c2)c2ccccc2n3-c2ccc3c(c2)sc2nccnc23)cc1. The molecule has 184 valence electrons. The second-order valence-corrected chi connectivity index (χ2v) is 10.6. The van der Waals surface area contributed by atoms with E-state index in [9.17, 15) is 0 Å². The Kier molecular flexibility index (Phi) is 4.96. The van der Waals surface area contributed by atoms with Gasteiger partial charge >= 0.3 is 0 Å². The van der Waals surface area contributed by atoms with Crippen LogP contribution in [0.3, 0.4) is 0 Å². The zero-order valence-corrected chi connectivity index (χ0v) is 21.7. The van der Waals surface area contributed by atoms with Crippen molar-refractivity contribution in [2.45, 2.75) is 0 Å². The van der Waals surface area contributed by atoms with Gasteiger partial charge in [0.1, 0.15) is 10.3 Å². The molecule has 0 aliphatic carbocycles. The third-order valence-corrected chi connectivity index (χ3v) is 8.34. The molecule has 0 saturated heterocycles. The van der Waals surface area contributed by atoms with E-state index in [4.69, 9.17) is 0 Å². The summed E-state index contributed by atoms with van der Waals surface area (Å²) in [5, 5.41) is 3.60. The van der Waals surface area contributed by atoms with Crippen molar-refractivity contribution in [3.05, 3.63) is 134 Å². The van der Waals surface area contributed by atoms with Gasteiger partial charge in [0.2, 0.25) is 0 Å². The summed E-state index contributed by atoms with van der Waals surface area (Å²) in [4.78, 5) is 12.4. The minimum absolute atomic E-state index is 0.970. The van der Waals surface area contributed by atoms with Crippen molar-refractivity contribution < 1.29 is 0 Å². The lowest BCUT2D eigenvalue weighted by atomic mass is 10.1. The number of benzene rings is 5. The van der Waals surface area contributed by atoms with Gasteiger partial charge in [0.15, 0.2) is 0 Å². The molecule has 0 spiro atoms. The van der Waals surface area contributed by atoms with Crippen LogP contribution in [0, 0.1) is 0 Å². The lowest BCUT2D eigenvalue weighted by Crippen LogP contribution is -2.09. The molecule has 39 heavy (non-hydrogen) atoms. The lowest BCUT2D eigenvalue weighted by molar-refractivity contribution is 1.18. The summed E-state index contributed by atoms with van der Waals surface area (Å²) in [6, 6.07) is 43.2. The number of hydrogen-bond donors (Lipinski definition) is 0. The van der Waals surface area contributed by atoms with Crippen LogP contribution in [-0.2, 0) is 0 Å². The predicted molar refractivity (Wildman–Crippen MR) is 164 cm³/mol. The highest BCUT2D eigenvalue weighted by atomic mass is 32.1. The van der Waals surface area contributed by atoms with E-state index in [1.807, 2.05) is 0 Å². The molecule has 0 bridgehead atoms. The van der Waals surface area contributed by atoms with Crippen molar-refractivity contribution in [2.75, 3.05) is 4.90 Å². The Labute approximate surface area is 229 Å². The molecule has 8 rings (SSSR count). The zero-order chi connectivity index (χ0) is 25.8. The van der Waals surface area contributed by atoms with E-state index in [0.717, 1.165) is 38.5 Å². The second kappa shape index (κ2) is 8.79. The molecule has 8 aromatic rings. The van der Waals surface area contributed by atoms with Crippen molar-refractivity contribution in [3.63, 3.8) is 0 Å².